The SMILES string of the molecule is NCC(O)C(O)c1ccc(OC(F)(F)F)cc1N. The fourth-order valence-corrected chi connectivity index (χ4v) is 1.36. The molecule has 8 heteroatoms. The molecule has 2 unspecified atom stereocenters. The quantitative estimate of drug-likeness (QED) is 0.595. The van der Waals surface area contributed by atoms with Gasteiger partial charge in [-0.2, -0.15) is 0 Å². The first-order valence-electron chi connectivity index (χ1n) is 4.96. The number of anilines is 1. The summed E-state index contributed by atoms with van der Waals surface area (Å²) >= 11 is 0. The predicted octanol–water partition coefficient (Wildman–Crippen LogP) is 0.520. The third kappa shape index (κ3) is 3.76. The van der Waals surface area contributed by atoms with Gasteiger partial charge in [-0.15, -0.1) is 13.2 Å². The third-order valence-corrected chi connectivity index (χ3v) is 2.22. The zero-order valence-electron chi connectivity index (χ0n) is 9.19. The normalized spacial score (nSPS) is 15.2. The van der Waals surface area contributed by atoms with Crippen molar-refractivity contribution in [2.24, 2.45) is 5.73 Å². The van der Waals surface area contributed by atoms with Gasteiger partial charge in [-0.25, -0.2) is 0 Å². The molecule has 0 saturated heterocycles. The van der Waals surface area contributed by atoms with Gasteiger partial charge in [0.2, 0.25) is 0 Å². The molecule has 0 heterocycles. The van der Waals surface area contributed by atoms with Gasteiger partial charge in [0.05, 0.1) is 6.10 Å². The summed E-state index contributed by atoms with van der Waals surface area (Å²) in [5.41, 5.74) is 10.6. The molecule has 18 heavy (non-hydrogen) atoms. The van der Waals surface area contributed by atoms with Crippen molar-refractivity contribution in [1.82, 2.24) is 0 Å². The molecule has 0 radical (unpaired) electrons. The fourth-order valence-electron chi connectivity index (χ4n) is 1.36. The lowest BCUT2D eigenvalue weighted by Crippen LogP contribution is -2.27. The van der Waals surface area contributed by atoms with Crippen LogP contribution in [0.2, 0.25) is 0 Å². The Hall–Kier alpha value is -1.51. The second kappa shape index (κ2) is 5.42. The molecule has 1 aromatic rings. The third-order valence-electron chi connectivity index (χ3n) is 2.22. The maximum Gasteiger partial charge on any atom is 0.573 e. The van der Waals surface area contributed by atoms with Crippen LogP contribution in [-0.4, -0.2) is 29.2 Å². The van der Waals surface area contributed by atoms with Crippen LogP contribution in [0.3, 0.4) is 0 Å². The molecular formula is C10H13F3N2O3. The second-order valence-electron chi connectivity index (χ2n) is 3.59. The summed E-state index contributed by atoms with van der Waals surface area (Å²) in [6, 6.07) is 3.04. The van der Waals surface area contributed by atoms with Crippen molar-refractivity contribution in [3.63, 3.8) is 0 Å². The van der Waals surface area contributed by atoms with Crippen LogP contribution in [0.15, 0.2) is 18.2 Å². The zero-order chi connectivity index (χ0) is 13.9. The maximum atomic E-state index is 11.9. The topological polar surface area (TPSA) is 102 Å². The first-order chi connectivity index (χ1) is 8.24. The van der Waals surface area contributed by atoms with Gasteiger partial charge < -0.3 is 26.4 Å². The molecular weight excluding hydrogens is 253 g/mol. The van der Waals surface area contributed by atoms with E-state index in [1.54, 1.807) is 0 Å². The Bertz CT molecular complexity index is 412. The molecule has 0 aromatic heterocycles. The number of benzene rings is 1. The molecule has 0 fully saturated rings. The smallest absolute Gasteiger partial charge is 0.406 e. The van der Waals surface area contributed by atoms with Crippen LogP contribution in [-0.2, 0) is 0 Å². The molecule has 2 atom stereocenters. The van der Waals surface area contributed by atoms with Crippen molar-refractivity contribution >= 4 is 5.69 Å². The number of ether oxygens (including phenoxy) is 1. The maximum absolute atomic E-state index is 11.9. The Balaban J connectivity index is 2.92. The Morgan fingerprint density at radius 2 is 1.89 bits per heavy atom. The van der Waals surface area contributed by atoms with Crippen LogP contribution in [0.1, 0.15) is 11.7 Å². The number of hydrogen-bond acceptors (Lipinski definition) is 5. The molecule has 0 amide bonds. The van der Waals surface area contributed by atoms with Gasteiger partial charge in [0.25, 0.3) is 0 Å². The predicted molar refractivity (Wildman–Crippen MR) is 57.6 cm³/mol. The summed E-state index contributed by atoms with van der Waals surface area (Å²) in [5.74, 6) is -0.502. The van der Waals surface area contributed by atoms with E-state index >= 15 is 0 Å². The highest BCUT2D eigenvalue weighted by Gasteiger charge is 2.31. The molecule has 1 rings (SSSR count). The van der Waals surface area contributed by atoms with E-state index in [0.29, 0.717) is 0 Å². The van der Waals surface area contributed by atoms with Crippen molar-refractivity contribution in [3.8, 4) is 5.75 Å². The average Bonchev–Trinajstić information content (AvgIpc) is 2.25. The van der Waals surface area contributed by atoms with Crippen molar-refractivity contribution in [1.29, 1.82) is 0 Å². The summed E-state index contributed by atoms with van der Waals surface area (Å²) in [6.07, 6.45) is -7.43. The van der Waals surface area contributed by atoms with E-state index in [4.69, 9.17) is 11.5 Å². The summed E-state index contributed by atoms with van der Waals surface area (Å²) in [6.45, 7) is -0.207. The molecule has 0 aliphatic heterocycles. The number of aliphatic hydroxyl groups is 2. The van der Waals surface area contributed by atoms with Gasteiger partial charge in [0, 0.05) is 23.9 Å². The largest absolute Gasteiger partial charge is 0.573 e. The standard InChI is InChI=1S/C10H13F3N2O3/c11-10(12,13)18-5-1-2-6(7(15)3-5)9(17)8(16)4-14/h1-3,8-9,16-17H,4,14-15H2. The van der Waals surface area contributed by atoms with Crippen LogP contribution in [0.5, 0.6) is 5.75 Å². The molecule has 0 aliphatic carbocycles. The second-order valence-corrected chi connectivity index (χ2v) is 3.59. The molecule has 0 bridgehead atoms. The number of nitrogens with two attached hydrogens (primary N) is 2. The van der Waals surface area contributed by atoms with Gasteiger partial charge >= 0.3 is 6.36 Å². The van der Waals surface area contributed by atoms with Gasteiger partial charge in [-0.05, 0) is 6.07 Å². The van der Waals surface area contributed by atoms with Crippen LogP contribution in [0, 0.1) is 0 Å². The number of aliphatic hydroxyl groups excluding tert-OH is 2. The minimum Gasteiger partial charge on any atom is -0.406 e. The molecule has 0 saturated carbocycles. The summed E-state index contributed by atoms with van der Waals surface area (Å²) in [7, 11) is 0. The number of hydrogen-bond donors (Lipinski definition) is 4. The number of alkyl halides is 3. The van der Waals surface area contributed by atoms with Gasteiger partial charge in [-0.3, -0.25) is 0 Å². The Kier molecular flexibility index (Phi) is 4.38. The molecule has 0 aliphatic rings. The fraction of sp³-hybridized carbons (Fsp3) is 0.400. The van der Waals surface area contributed by atoms with Crippen LogP contribution < -0.4 is 16.2 Å². The molecule has 0 spiro atoms. The van der Waals surface area contributed by atoms with Crippen LogP contribution in [0.4, 0.5) is 18.9 Å². The summed E-state index contributed by atoms with van der Waals surface area (Å²) in [5, 5.41) is 18.9. The Morgan fingerprint density at radius 1 is 1.28 bits per heavy atom. The number of halogens is 3. The summed E-state index contributed by atoms with van der Waals surface area (Å²) in [4.78, 5) is 0. The van der Waals surface area contributed by atoms with Crippen LogP contribution >= 0.6 is 0 Å². The van der Waals surface area contributed by atoms with Gasteiger partial charge in [0.15, 0.2) is 0 Å². The lowest BCUT2D eigenvalue weighted by atomic mass is 10.0. The Morgan fingerprint density at radius 3 is 2.33 bits per heavy atom. The monoisotopic (exact) mass is 266 g/mol. The van der Waals surface area contributed by atoms with Crippen LogP contribution in [0.25, 0.3) is 0 Å². The lowest BCUT2D eigenvalue weighted by molar-refractivity contribution is -0.274. The highest BCUT2D eigenvalue weighted by molar-refractivity contribution is 5.52. The van der Waals surface area contributed by atoms with E-state index in [0.717, 1.165) is 18.2 Å². The van der Waals surface area contributed by atoms with E-state index in [9.17, 15) is 23.4 Å². The van der Waals surface area contributed by atoms with Crippen molar-refractivity contribution in [3.05, 3.63) is 23.8 Å². The minimum atomic E-state index is -4.82. The molecule has 5 nitrogen and oxygen atoms in total. The Labute approximate surface area is 101 Å². The highest BCUT2D eigenvalue weighted by atomic mass is 19.4. The molecule has 1 aromatic carbocycles. The van der Waals surface area contributed by atoms with Gasteiger partial charge in [0.1, 0.15) is 11.9 Å². The van der Waals surface area contributed by atoms with E-state index < -0.39 is 24.3 Å². The lowest BCUT2D eigenvalue weighted by Gasteiger charge is -2.19. The zero-order valence-corrected chi connectivity index (χ0v) is 9.19. The van der Waals surface area contributed by atoms with E-state index in [2.05, 4.69) is 4.74 Å². The molecule has 102 valence electrons. The average molecular weight is 266 g/mol. The summed E-state index contributed by atoms with van der Waals surface area (Å²) < 4.78 is 39.5. The first kappa shape index (κ1) is 14.6. The van der Waals surface area contributed by atoms with Gasteiger partial charge in [-0.1, -0.05) is 6.07 Å². The first-order valence-corrected chi connectivity index (χ1v) is 4.96. The highest BCUT2D eigenvalue weighted by Crippen LogP contribution is 2.29. The van der Waals surface area contributed by atoms with E-state index in [1.807, 2.05) is 0 Å². The van der Waals surface area contributed by atoms with Crippen molar-refractivity contribution in [2.75, 3.05) is 12.3 Å². The minimum absolute atomic E-state index is 0.0856. The molecule has 6 N–H and O–H groups in total. The van der Waals surface area contributed by atoms with Crippen molar-refractivity contribution in [2.45, 2.75) is 18.6 Å². The number of nitrogen functional groups attached to an aromatic ring is 1. The number of rotatable bonds is 4. The van der Waals surface area contributed by atoms with Crippen molar-refractivity contribution < 1.29 is 28.1 Å². The van der Waals surface area contributed by atoms with E-state index in [1.165, 1.54) is 0 Å². The van der Waals surface area contributed by atoms with E-state index in [-0.39, 0.29) is 17.8 Å².